The van der Waals surface area contributed by atoms with Gasteiger partial charge in [-0.2, -0.15) is 0 Å². The van der Waals surface area contributed by atoms with Gasteiger partial charge in [-0.1, -0.05) is 6.07 Å². The average Bonchev–Trinajstić information content (AvgIpc) is 3.08. The van der Waals surface area contributed by atoms with Gasteiger partial charge in [0.2, 0.25) is 11.8 Å². The average molecular weight is 375 g/mol. The molecule has 1 aromatic heterocycles. The highest BCUT2D eigenvalue weighted by molar-refractivity contribution is 5.86. The third-order valence-corrected chi connectivity index (χ3v) is 5.91. The highest BCUT2D eigenvalue weighted by Gasteiger charge is 2.49. The molecular weight excluding hydrogens is 346 g/mol. The van der Waals surface area contributed by atoms with E-state index in [4.69, 9.17) is 4.74 Å². The van der Waals surface area contributed by atoms with Crippen LogP contribution in [-0.4, -0.2) is 66.1 Å². The number of aromatic nitrogens is 1. The van der Waals surface area contributed by atoms with Crippen LogP contribution in [0.2, 0.25) is 0 Å². The Labute approximate surface area is 159 Å². The first-order chi connectivity index (χ1) is 13.0. The number of amides is 2. The SMILES string of the molecule is COCCN1CCC[C@]2(CCN(C(=O)CCn3c(C)cccc3=O)C2)C1=O. The number of hydrogen-bond donors (Lipinski definition) is 0. The molecule has 1 aromatic rings. The van der Waals surface area contributed by atoms with Crippen molar-refractivity contribution in [2.75, 3.05) is 39.9 Å². The van der Waals surface area contributed by atoms with Gasteiger partial charge in [-0.25, -0.2) is 0 Å². The van der Waals surface area contributed by atoms with Gasteiger partial charge < -0.3 is 19.1 Å². The van der Waals surface area contributed by atoms with Gasteiger partial charge >= 0.3 is 0 Å². The Morgan fingerprint density at radius 2 is 2.00 bits per heavy atom. The molecule has 3 rings (SSSR count). The molecule has 0 bridgehead atoms. The lowest BCUT2D eigenvalue weighted by molar-refractivity contribution is -0.146. The van der Waals surface area contributed by atoms with Crippen LogP contribution in [0.15, 0.2) is 23.0 Å². The lowest BCUT2D eigenvalue weighted by Gasteiger charge is -2.39. The summed E-state index contributed by atoms with van der Waals surface area (Å²) in [4.78, 5) is 41.3. The van der Waals surface area contributed by atoms with E-state index >= 15 is 0 Å². The number of ether oxygens (including phenoxy) is 1. The van der Waals surface area contributed by atoms with Crippen LogP contribution < -0.4 is 5.56 Å². The van der Waals surface area contributed by atoms with Crippen molar-refractivity contribution in [2.45, 2.75) is 39.2 Å². The number of methoxy groups -OCH3 is 1. The predicted octanol–water partition coefficient (Wildman–Crippen LogP) is 1.03. The number of piperidine rings is 1. The van der Waals surface area contributed by atoms with E-state index in [1.165, 1.54) is 6.07 Å². The second-order valence-electron chi connectivity index (χ2n) is 7.64. The van der Waals surface area contributed by atoms with Crippen molar-refractivity contribution in [3.05, 3.63) is 34.2 Å². The third-order valence-electron chi connectivity index (χ3n) is 5.91. The Morgan fingerprint density at radius 1 is 1.19 bits per heavy atom. The molecule has 0 radical (unpaired) electrons. The van der Waals surface area contributed by atoms with Crippen molar-refractivity contribution in [3.8, 4) is 0 Å². The minimum atomic E-state index is -0.429. The van der Waals surface area contributed by atoms with E-state index in [-0.39, 0.29) is 23.8 Å². The summed E-state index contributed by atoms with van der Waals surface area (Å²) in [6.45, 7) is 5.28. The molecule has 27 heavy (non-hydrogen) atoms. The summed E-state index contributed by atoms with van der Waals surface area (Å²) in [5.41, 5.74) is 0.336. The fourth-order valence-corrected chi connectivity index (χ4v) is 4.31. The van der Waals surface area contributed by atoms with E-state index in [9.17, 15) is 14.4 Å². The van der Waals surface area contributed by atoms with Crippen LogP contribution in [0, 0.1) is 12.3 Å². The predicted molar refractivity (Wildman–Crippen MR) is 101 cm³/mol. The normalized spacial score (nSPS) is 22.7. The van der Waals surface area contributed by atoms with Crippen molar-refractivity contribution in [1.29, 1.82) is 0 Å². The summed E-state index contributed by atoms with van der Waals surface area (Å²) in [6.07, 6.45) is 2.82. The summed E-state index contributed by atoms with van der Waals surface area (Å²) in [5.74, 6) is 0.181. The molecule has 7 heteroatoms. The summed E-state index contributed by atoms with van der Waals surface area (Å²) in [5, 5.41) is 0. The van der Waals surface area contributed by atoms with Crippen LogP contribution in [0.25, 0.3) is 0 Å². The Morgan fingerprint density at radius 3 is 2.74 bits per heavy atom. The molecule has 0 saturated carbocycles. The Balaban J connectivity index is 1.60. The summed E-state index contributed by atoms with van der Waals surface area (Å²) < 4.78 is 6.74. The number of rotatable bonds is 6. The van der Waals surface area contributed by atoms with Gasteiger partial charge in [0.25, 0.3) is 5.56 Å². The summed E-state index contributed by atoms with van der Waals surface area (Å²) in [6, 6.07) is 5.11. The topological polar surface area (TPSA) is 71.8 Å². The Bertz CT molecular complexity index is 760. The van der Waals surface area contributed by atoms with Crippen LogP contribution in [0.3, 0.4) is 0 Å². The first kappa shape index (κ1) is 19.6. The highest BCUT2D eigenvalue weighted by Crippen LogP contribution is 2.40. The molecule has 2 amide bonds. The first-order valence-corrected chi connectivity index (χ1v) is 9.69. The van der Waals surface area contributed by atoms with Crippen LogP contribution in [0.4, 0.5) is 0 Å². The van der Waals surface area contributed by atoms with Crippen LogP contribution >= 0.6 is 0 Å². The van der Waals surface area contributed by atoms with Crippen molar-refractivity contribution in [2.24, 2.45) is 5.41 Å². The maximum Gasteiger partial charge on any atom is 0.250 e. The third kappa shape index (κ3) is 4.08. The maximum absolute atomic E-state index is 13.0. The molecule has 0 unspecified atom stereocenters. The van der Waals surface area contributed by atoms with Gasteiger partial charge in [-0.15, -0.1) is 0 Å². The smallest absolute Gasteiger partial charge is 0.250 e. The van der Waals surface area contributed by atoms with Crippen LogP contribution in [0.1, 0.15) is 31.4 Å². The van der Waals surface area contributed by atoms with Crippen molar-refractivity contribution in [3.63, 3.8) is 0 Å². The number of nitrogens with zero attached hydrogens (tertiary/aromatic N) is 3. The van der Waals surface area contributed by atoms with Gasteiger partial charge in [0.15, 0.2) is 0 Å². The van der Waals surface area contributed by atoms with Gasteiger partial charge in [-0.05, 0) is 32.3 Å². The number of pyridine rings is 1. The lowest BCUT2D eigenvalue weighted by atomic mass is 9.78. The van der Waals surface area contributed by atoms with E-state index in [2.05, 4.69) is 0 Å². The zero-order valence-electron chi connectivity index (χ0n) is 16.3. The molecule has 2 fully saturated rings. The van der Waals surface area contributed by atoms with Crippen LogP contribution in [-0.2, 0) is 20.9 Å². The highest BCUT2D eigenvalue weighted by atomic mass is 16.5. The van der Waals surface area contributed by atoms with E-state index in [0.29, 0.717) is 32.8 Å². The molecule has 7 nitrogen and oxygen atoms in total. The second-order valence-corrected chi connectivity index (χ2v) is 7.64. The van der Waals surface area contributed by atoms with Gasteiger partial charge in [0.1, 0.15) is 0 Å². The Hall–Kier alpha value is -2.15. The van der Waals surface area contributed by atoms with E-state index in [1.54, 1.807) is 22.6 Å². The first-order valence-electron chi connectivity index (χ1n) is 9.69. The molecule has 0 aliphatic carbocycles. The van der Waals surface area contributed by atoms with Crippen molar-refractivity contribution in [1.82, 2.24) is 14.4 Å². The zero-order chi connectivity index (χ0) is 19.4. The van der Waals surface area contributed by atoms with Crippen molar-refractivity contribution < 1.29 is 14.3 Å². The van der Waals surface area contributed by atoms with Gasteiger partial charge in [0, 0.05) is 58.0 Å². The zero-order valence-corrected chi connectivity index (χ0v) is 16.3. The summed E-state index contributed by atoms with van der Waals surface area (Å²) in [7, 11) is 1.64. The molecular formula is C20H29N3O4. The molecule has 1 atom stereocenters. The molecule has 2 aliphatic rings. The van der Waals surface area contributed by atoms with E-state index in [0.717, 1.165) is 31.5 Å². The lowest BCUT2D eigenvalue weighted by Crippen LogP contribution is -2.51. The molecule has 1 spiro atoms. The largest absolute Gasteiger partial charge is 0.383 e. The quantitative estimate of drug-likeness (QED) is 0.745. The fraction of sp³-hybridized carbons (Fsp3) is 0.650. The molecule has 0 N–H and O–H groups in total. The monoisotopic (exact) mass is 375 g/mol. The molecule has 0 aromatic carbocycles. The number of hydrogen-bond acceptors (Lipinski definition) is 4. The number of likely N-dealkylation sites (tertiary alicyclic amines) is 2. The summed E-state index contributed by atoms with van der Waals surface area (Å²) >= 11 is 0. The van der Waals surface area contributed by atoms with E-state index < -0.39 is 5.41 Å². The molecule has 2 aliphatic heterocycles. The molecule has 3 heterocycles. The molecule has 2 saturated heterocycles. The number of carbonyl (C=O) groups excluding carboxylic acids is 2. The standard InChI is InChI=1S/C20H29N3O4/c1-16-5-3-6-18(25)23(16)11-7-17(24)22-12-9-20(15-22)8-4-10-21(19(20)26)13-14-27-2/h3,5-6H,4,7-15H2,1-2H3/t20-/m1/s1. The second kappa shape index (κ2) is 8.25. The minimum Gasteiger partial charge on any atom is -0.383 e. The van der Waals surface area contributed by atoms with Crippen molar-refractivity contribution >= 4 is 11.8 Å². The van der Waals surface area contributed by atoms with Crippen LogP contribution in [0.5, 0.6) is 0 Å². The van der Waals surface area contributed by atoms with Gasteiger partial charge in [-0.3, -0.25) is 14.4 Å². The Kier molecular flexibility index (Phi) is 5.99. The van der Waals surface area contributed by atoms with E-state index in [1.807, 2.05) is 17.9 Å². The number of aryl methyl sites for hydroxylation is 1. The fourth-order valence-electron chi connectivity index (χ4n) is 4.31. The maximum atomic E-state index is 13.0. The number of carbonyl (C=O) groups is 2. The minimum absolute atomic E-state index is 0.0174. The molecule has 148 valence electrons. The van der Waals surface area contributed by atoms with Gasteiger partial charge in [0.05, 0.1) is 12.0 Å².